The van der Waals surface area contributed by atoms with E-state index in [1.165, 1.54) is 6.08 Å². The molecule has 0 unspecified atom stereocenters. The fraction of sp³-hybridized carbons (Fsp3) is 0.154. The van der Waals surface area contributed by atoms with Gasteiger partial charge in [-0.05, 0) is 60.5 Å². The van der Waals surface area contributed by atoms with Gasteiger partial charge in [-0.3, -0.25) is 4.79 Å². The van der Waals surface area contributed by atoms with E-state index in [0.29, 0.717) is 36.0 Å². The minimum atomic E-state index is -0.393. The van der Waals surface area contributed by atoms with Crippen LogP contribution in [0.3, 0.4) is 0 Å². The molecule has 0 aliphatic heterocycles. The monoisotopic (exact) mass is 431 g/mol. The maximum absolute atomic E-state index is 12.2. The van der Waals surface area contributed by atoms with Gasteiger partial charge < -0.3 is 19.5 Å². The van der Waals surface area contributed by atoms with Crippen molar-refractivity contribution < 1.29 is 23.8 Å². The largest absolute Gasteiger partial charge is 0.493 e. The summed E-state index contributed by atoms with van der Waals surface area (Å²) in [6.45, 7) is 2.50. The van der Waals surface area contributed by atoms with Gasteiger partial charge in [-0.1, -0.05) is 36.4 Å². The van der Waals surface area contributed by atoms with Gasteiger partial charge in [0, 0.05) is 11.8 Å². The first-order chi connectivity index (χ1) is 15.6. The molecule has 0 atom stereocenters. The number of anilines is 1. The zero-order valence-electron chi connectivity index (χ0n) is 18.0. The molecule has 0 radical (unpaired) electrons. The summed E-state index contributed by atoms with van der Waals surface area (Å²) in [7, 11) is 1.57. The molecule has 0 saturated carbocycles. The van der Waals surface area contributed by atoms with E-state index in [2.05, 4.69) is 5.32 Å². The fourth-order valence-electron chi connectivity index (χ4n) is 2.90. The van der Waals surface area contributed by atoms with Crippen LogP contribution in [0.5, 0.6) is 11.5 Å². The third-order valence-corrected chi connectivity index (χ3v) is 4.52. The fourth-order valence-corrected chi connectivity index (χ4v) is 2.90. The summed E-state index contributed by atoms with van der Waals surface area (Å²) in [5, 5.41) is 2.75. The molecule has 0 aliphatic rings. The minimum absolute atomic E-state index is 0.294. The molecule has 0 spiro atoms. The number of benzene rings is 3. The van der Waals surface area contributed by atoms with Gasteiger partial charge >= 0.3 is 5.97 Å². The molecule has 0 aliphatic carbocycles. The second-order valence-corrected chi connectivity index (χ2v) is 6.80. The van der Waals surface area contributed by atoms with E-state index in [4.69, 9.17) is 14.2 Å². The molecule has 6 nitrogen and oxygen atoms in total. The number of nitrogens with one attached hydrogen (secondary N) is 1. The molecule has 1 N–H and O–H groups in total. The Labute approximate surface area is 187 Å². The Bertz CT molecular complexity index is 1080. The predicted octanol–water partition coefficient (Wildman–Crippen LogP) is 5.10. The number of ether oxygens (including phenoxy) is 3. The lowest BCUT2D eigenvalue weighted by atomic mass is 10.1. The van der Waals surface area contributed by atoms with Crippen LogP contribution in [0.1, 0.15) is 28.4 Å². The lowest BCUT2D eigenvalue weighted by Gasteiger charge is -2.11. The van der Waals surface area contributed by atoms with Crippen molar-refractivity contribution in [2.75, 3.05) is 19.0 Å². The summed E-state index contributed by atoms with van der Waals surface area (Å²) in [6, 6.07) is 21.9. The highest BCUT2D eigenvalue weighted by atomic mass is 16.5. The lowest BCUT2D eigenvalue weighted by Crippen LogP contribution is -2.08. The van der Waals surface area contributed by atoms with Crippen molar-refractivity contribution in [1.82, 2.24) is 0 Å². The van der Waals surface area contributed by atoms with Crippen molar-refractivity contribution in [1.29, 1.82) is 0 Å². The van der Waals surface area contributed by atoms with Gasteiger partial charge in [-0.25, -0.2) is 4.79 Å². The van der Waals surface area contributed by atoms with Crippen LogP contribution < -0.4 is 14.8 Å². The second-order valence-electron chi connectivity index (χ2n) is 6.80. The molecule has 3 aromatic rings. The van der Waals surface area contributed by atoms with E-state index in [0.717, 1.165) is 11.1 Å². The summed E-state index contributed by atoms with van der Waals surface area (Å²) in [5.41, 5.74) is 2.87. The summed E-state index contributed by atoms with van der Waals surface area (Å²) in [4.78, 5) is 23.9. The number of hydrogen-bond acceptors (Lipinski definition) is 5. The Morgan fingerprint density at radius 2 is 1.69 bits per heavy atom. The van der Waals surface area contributed by atoms with Crippen LogP contribution in [-0.4, -0.2) is 25.6 Å². The average molecular weight is 431 g/mol. The number of rotatable bonds is 9. The van der Waals surface area contributed by atoms with E-state index >= 15 is 0 Å². The maximum Gasteiger partial charge on any atom is 0.338 e. The van der Waals surface area contributed by atoms with Gasteiger partial charge in [-0.2, -0.15) is 0 Å². The molecule has 3 aromatic carbocycles. The third kappa shape index (κ3) is 6.47. The van der Waals surface area contributed by atoms with Gasteiger partial charge in [-0.15, -0.1) is 0 Å². The van der Waals surface area contributed by atoms with Crippen LogP contribution in [0, 0.1) is 0 Å². The molecule has 164 valence electrons. The summed E-state index contributed by atoms with van der Waals surface area (Å²) in [5.74, 6) is 0.519. The minimum Gasteiger partial charge on any atom is -0.493 e. The van der Waals surface area contributed by atoms with Gasteiger partial charge in [0.15, 0.2) is 11.5 Å². The first-order valence-electron chi connectivity index (χ1n) is 10.2. The van der Waals surface area contributed by atoms with Gasteiger partial charge in [0.05, 0.1) is 19.3 Å². The van der Waals surface area contributed by atoms with Gasteiger partial charge in [0.25, 0.3) is 0 Å². The Morgan fingerprint density at radius 3 is 2.38 bits per heavy atom. The van der Waals surface area contributed by atoms with E-state index in [-0.39, 0.29) is 5.91 Å². The lowest BCUT2D eigenvalue weighted by molar-refractivity contribution is -0.111. The van der Waals surface area contributed by atoms with Crippen molar-refractivity contribution in [2.45, 2.75) is 13.5 Å². The molecule has 0 heterocycles. The Kier molecular flexibility index (Phi) is 8.03. The van der Waals surface area contributed by atoms with Crippen LogP contribution in [0.25, 0.3) is 6.08 Å². The molecule has 0 fully saturated rings. The number of carbonyl (C=O) groups is 2. The van der Waals surface area contributed by atoms with Crippen LogP contribution in [0.15, 0.2) is 78.9 Å². The highest BCUT2D eigenvalue weighted by molar-refractivity contribution is 6.02. The molecular formula is C26H25NO5. The molecule has 0 saturated heterocycles. The van der Waals surface area contributed by atoms with E-state index in [1.807, 2.05) is 42.5 Å². The Hall–Kier alpha value is -4.06. The van der Waals surface area contributed by atoms with Crippen molar-refractivity contribution in [3.05, 3.63) is 95.6 Å². The van der Waals surface area contributed by atoms with Crippen molar-refractivity contribution in [2.24, 2.45) is 0 Å². The van der Waals surface area contributed by atoms with Gasteiger partial charge in [0.2, 0.25) is 5.91 Å². The van der Waals surface area contributed by atoms with E-state index in [1.54, 1.807) is 50.4 Å². The number of esters is 1. The number of carbonyl (C=O) groups excluding carboxylic acids is 2. The molecule has 3 rings (SSSR count). The summed E-state index contributed by atoms with van der Waals surface area (Å²) in [6.07, 6.45) is 3.12. The van der Waals surface area contributed by atoms with Gasteiger partial charge in [0.1, 0.15) is 6.61 Å². The third-order valence-electron chi connectivity index (χ3n) is 4.52. The zero-order chi connectivity index (χ0) is 22.8. The smallest absolute Gasteiger partial charge is 0.338 e. The van der Waals surface area contributed by atoms with Crippen molar-refractivity contribution in [3.8, 4) is 11.5 Å². The molecule has 0 aromatic heterocycles. The highest BCUT2D eigenvalue weighted by Crippen LogP contribution is 2.29. The first kappa shape index (κ1) is 22.6. The SMILES string of the molecule is CCOC(=O)c1ccc(NC(=O)/C=C/c2ccc(OCc3ccccc3)c(OC)c2)cc1. The van der Waals surface area contributed by atoms with Crippen LogP contribution in [0.4, 0.5) is 5.69 Å². The summed E-state index contributed by atoms with van der Waals surface area (Å²) < 4.78 is 16.2. The Balaban J connectivity index is 1.59. The normalized spacial score (nSPS) is 10.6. The topological polar surface area (TPSA) is 73.9 Å². The second kappa shape index (κ2) is 11.4. The van der Waals surface area contributed by atoms with Crippen LogP contribution >= 0.6 is 0 Å². The number of hydrogen-bond donors (Lipinski definition) is 1. The summed E-state index contributed by atoms with van der Waals surface area (Å²) >= 11 is 0. The first-order valence-corrected chi connectivity index (χ1v) is 10.2. The maximum atomic E-state index is 12.2. The Morgan fingerprint density at radius 1 is 0.938 bits per heavy atom. The number of methoxy groups -OCH3 is 1. The van der Waals surface area contributed by atoms with E-state index < -0.39 is 5.97 Å². The average Bonchev–Trinajstić information content (AvgIpc) is 2.83. The predicted molar refractivity (Wildman–Crippen MR) is 124 cm³/mol. The van der Waals surface area contributed by atoms with Crippen molar-refractivity contribution >= 4 is 23.6 Å². The molecule has 1 amide bonds. The molecular weight excluding hydrogens is 406 g/mol. The van der Waals surface area contributed by atoms with Crippen molar-refractivity contribution in [3.63, 3.8) is 0 Å². The quantitative estimate of drug-likeness (QED) is 0.377. The molecule has 0 bridgehead atoms. The van der Waals surface area contributed by atoms with Crippen LogP contribution in [0.2, 0.25) is 0 Å². The zero-order valence-corrected chi connectivity index (χ0v) is 18.0. The molecule has 32 heavy (non-hydrogen) atoms. The number of amides is 1. The standard InChI is InChI=1S/C26H25NO5/c1-3-31-26(29)21-11-13-22(14-12-21)27-25(28)16-10-19-9-15-23(24(17-19)30-2)32-18-20-7-5-4-6-8-20/h4-17H,3,18H2,1-2H3,(H,27,28)/b16-10+. The highest BCUT2D eigenvalue weighted by Gasteiger charge is 2.07. The van der Waals surface area contributed by atoms with E-state index in [9.17, 15) is 9.59 Å². The molecule has 6 heteroatoms. The van der Waals surface area contributed by atoms with Crippen LogP contribution in [-0.2, 0) is 16.1 Å².